The van der Waals surface area contributed by atoms with Crippen LogP contribution in [0.3, 0.4) is 0 Å². The van der Waals surface area contributed by atoms with Crippen molar-refractivity contribution in [1.29, 1.82) is 0 Å². The Bertz CT molecular complexity index is 374. The topological polar surface area (TPSA) is 37.4 Å². The summed E-state index contributed by atoms with van der Waals surface area (Å²) in [7, 11) is 5.47. The van der Waals surface area contributed by atoms with Gasteiger partial charge in [0.25, 0.3) is 0 Å². The number of methoxy groups -OCH3 is 1. The fraction of sp³-hybridized carbons (Fsp3) is 0.706. The van der Waals surface area contributed by atoms with Crippen LogP contribution in [0.4, 0.5) is 5.82 Å². The first-order valence-electron chi connectivity index (χ1n) is 8.01. The fourth-order valence-electron chi connectivity index (χ4n) is 2.03. The molecular formula is C17H33N3O. The van der Waals surface area contributed by atoms with E-state index in [1.807, 2.05) is 40.1 Å². The predicted octanol–water partition coefficient (Wildman–Crippen LogP) is 3.68. The molecule has 2 rings (SSSR count). The molecule has 0 unspecified atom stereocenters. The van der Waals surface area contributed by atoms with E-state index in [9.17, 15) is 0 Å². The van der Waals surface area contributed by atoms with E-state index in [-0.39, 0.29) is 0 Å². The van der Waals surface area contributed by atoms with Crippen LogP contribution in [0.1, 0.15) is 52.1 Å². The van der Waals surface area contributed by atoms with E-state index in [2.05, 4.69) is 24.1 Å². The SMILES string of the molecule is CC.CNC.COc1cc(C(C)C)nc(N2CCCC2)c1. The number of aromatic nitrogens is 1. The monoisotopic (exact) mass is 295 g/mol. The van der Waals surface area contributed by atoms with Crippen LogP contribution in [0.15, 0.2) is 12.1 Å². The van der Waals surface area contributed by atoms with Crippen LogP contribution in [0, 0.1) is 0 Å². The van der Waals surface area contributed by atoms with Crippen LogP contribution >= 0.6 is 0 Å². The number of nitrogens with zero attached hydrogens (tertiary/aromatic N) is 2. The number of nitrogens with one attached hydrogen (secondary N) is 1. The van der Waals surface area contributed by atoms with E-state index in [4.69, 9.17) is 9.72 Å². The highest BCUT2D eigenvalue weighted by Crippen LogP contribution is 2.26. The number of ether oxygens (including phenoxy) is 1. The van der Waals surface area contributed by atoms with Crippen LogP contribution in [0.25, 0.3) is 0 Å². The predicted molar refractivity (Wildman–Crippen MR) is 92.7 cm³/mol. The average molecular weight is 295 g/mol. The van der Waals surface area contributed by atoms with Gasteiger partial charge in [-0.2, -0.15) is 0 Å². The van der Waals surface area contributed by atoms with Gasteiger partial charge < -0.3 is 15.0 Å². The van der Waals surface area contributed by atoms with Crippen molar-refractivity contribution >= 4 is 5.82 Å². The van der Waals surface area contributed by atoms with Crippen molar-refractivity contribution in [2.24, 2.45) is 0 Å². The van der Waals surface area contributed by atoms with E-state index >= 15 is 0 Å². The lowest BCUT2D eigenvalue weighted by Crippen LogP contribution is -2.19. The zero-order chi connectivity index (χ0) is 16.3. The van der Waals surface area contributed by atoms with Gasteiger partial charge in [0, 0.05) is 30.9 Å². The maximum Gasteiger partial charge on any atom is 0.132 e. The number of hydrogen-bond donors (Lipinski definition) is 1. The minimum absolute atomic E-state index is 0.441. The minimum atomic E-state index is 0.441. The van der Waals surface area contributed by atoms with Crippen molar-refractivity contribution in [1.82, 2.24) is 10.3 Å². The number of pyridine rings is 1. The van der Waals surface area contributed by atoms with Crippen LogP contribution in [-0.4, -0.2) is 39.3 Å². The molecule has 4 nitrogen and oxygen atoms in total. The van der Waals surface area contributed by atoms with Gasteiger partial charge in [-0.25, -0.2) is 4.98 Å². The lowest BCUT2D eigenvalue weighted by Gasteiger charge is -2.19. The van der Waals surface area contributed by atoms with Gasteiger partial charge >= 0.3 is 0 Å². The third kappa shape index (κ3) is 6.80. The molecule has 122 valence electrons. The fourth-order valence-corrected chi connectivity index (χ4v) is 2.03. The molecule has 1 aromatic heterocycles. The van der Waals surface area contributed by atoms with Gasteiger partial charge in [-0.3, -0.25) is 0 Å². The second kappa shape index (κ2) is 11.4. The minimum Gasteiger partial charge on any atom is -0.497 e. The van der Waals surface area contributed by atoms with Crippen LogP contribution in [0.2, 0.25) is 0 Å². The first kappa shape index (κ1) is 19.7. The Morgan fingerprint density at radius 1 is 1.14 bits per heavy atom. The van der Waals surface area contributed by atoms with Gasteiger partial charge in [0.2, 0.25) is 0 Å². The molecule has 0 radical (unpaired) electrons. The normalized spacial score (nSPS) is 13.2. The highest BCUT2D eigenvalue weighted by Gasteiger charge is 2.16. The highest BCUT2D eigenvalue weighted by molar-refractivity contribution is 5.46. The molecular weight excluding hydrogens is 262 g/mol. The maximum atomic E-state index is 5.34. The second-order valence-electron chi connectivity index (χ2n) is 5.14. The van der Waals surface area contributed by atoms with Crippen molar-refractivity contribution in [3.8, 4) is 5.75 Å². The molecule has 1 saturated heterocycles. The molecule has 1 aliphatic rings. The average Bonchev–Trinajstić information content (AvgIpc) is 3.04. The molecule has 0 bridgehead atoms. The largest absolute Gasteiger partial charge is 0.497 e. The summed E-state index contributed by atoms with van der Waals surface area (Å²) in [5, 5.41) is 2.75. The Kier molecular flexibility index (Phi) is 10.7. The van der Waals surface area contributed by atoms with Crippen molar-refractivity contribution < 1.29 is 4.74 Å². The van der Waals surface area contributed by atoms with Gasteiger partial charge in [0.15, 0.2) is 0 Å². The summed E-state index contributed by atoms with van der Waals surface area (Å²) >= 11 is 0. The van der Waals surface area contributed by atoms with Gasteiger partial charge in [0.05, 0.1) is 7.11 Å². The molecule has 0 spiro atoms. The lowest BCUT2D eigenvalue weighted by atomic mass is 10.1. The summed E-state index contributed by atoms with van der Waals surface area (Å²) < 4.78 is 5.34. The van der Waals surface area contributed by atoms with E-state index in [0.29, 0.717) is 5.92 Å². The summed E-state index contributed by atoms with van der Waals surface area (Å²) in [4.78, 5) is 7.05. The van der Waals surface area contributed by atoms with Crippen LogP contribution < -0.4 is 15.0 Å². The summed E-state index contributed by atoms with van der Waals surface area (Å²) in [6.07, 6.45) is 2.55. The van der Waals surface area contributed by atoms with Gasteiger partial charge in [-0.15, -0.1) is 0 Å². The zero-order valence-electron chi connectivity index (χ0n) is 14.9. The third-order valence-corrected chi connectivity index (χ3v) is 3.06. The maximum absolute atomic E-state index is 5.34. The van der Waals surface area contributed by atoms with E-state index in [1.165, 1.54) is 12.8 Å². The second-order valence-corrected chi connectivity index (χ2v) is 5.14. The molecule has 0 atom stereocenters. The van der Waals surface area contributed by atoms with Gasteiger partial charge in [-0.05, 0) is 32.9 Å². The molecule has 1 aromatic rings. The molecule has 2 heterocycles. The molecule has 21 heavy (non-hydrogen) atoms. The Labute approximate surface area is 130 Å². The summed E-state index contributed by atoms with van der Waals surface area (Å²) in [5.74, 6) is 2.43. The van der Waals surface area contributed by atoms with Crippen molar-refractivity contribution in [3.05, 3.63) is 17.8 Å². The number of rotatable bonds is 3. The van der Waals surface area contributed by atoms with Crippen LogP contribution in [-0.2, 0) is 0 Å². The summed E-state index contributed by atoms with van der Waals surface area (Å²) in [6.45, 7) is 10.6. The quantitative estimate of drug-likeness (QED) is 0.923. The third-order valence-electron chi connectivity index (χ3n) is 3.06. The lowest BCUT2D eigenvalue weighted by molar-refractivity contribution is 0.413. The Hall–Kier alpha value is -1.29. The van der Waals surface area contributed by atoms with Crippen molar-refractivity contribution in [2.75, 3.05) is 39.2 Å². The Balaban J connectivity index is 0.000000713. The highest BCUT2D eigenvalue weighted by atomic mass is 16.5. The van der Waals surface area contributed by atoms with Crippen molar-refractivity contribution in [2.45, 2.75) is 46.5 Å². The summed E-state index contributed by atoms with van der Waals surface area (Å²) in [5.41, 5.74) is 1.11. The van der Waals surface area contributed by atoms with E-state index < -0.39 is 0 Å². The first-order valence-corrected chi connectivity index (χ1v) is 8.01. The van der Waals surface area contributed by atoms with E-state index in [0.717, 1.165) is 30.4 Å². The van der Waals surface area contributed by atoms with Gasteiger partial charge in [-0.1, -0.05) is 27.7 Å². The zero-order valence-corrected chi connectivity index (χ0v) is 14.9. The molecule has 4 heteroatoms. The van der Waals surface area contributed by atoms with E-state index in [1.54, 1.807) is 7.11 Å². The number of anilines is 1. The molecule has 1 fully saturated rings. The van der Waals surface area contributed by atoms with Gasteiger partial charge in [0.1, 0.15) is 11.6 Å². The standard InChI is InChI=1S/C13H20N2O.C2H7N.C2H6/c1-10(2)12-8-11(16-3)9-13(14-12)15-6-4-5-7-15;1-3-2;1-2/h8-10H,4-7H2,1-3H3;3H,1-2H3;1-2H3. The molecule has 0 saturated carbocycles. The molecule has 1 N–H and O–H groups in total. The van der Waals surface area contributed by atoms with Crippen molar-refractivity contribution in [3.63, 3.8) is 0 Å². The first-order chi connectivity index (χ1) is 10.1. The Morgan fingerprint density at radius 2 is 1.67 bits per heavy atom. The number of hydrogen-bond acceptors (Lipinski definition) is 4. The van der Waals surface area contributed by atoms with Crippen LogP contribution in [0.5, 0.6) is 5.75 Å². The molecule has 0 amide bonds. The Morgan fingerprint density at radius 3 is 2.10 bits per heavy atom. The molecule has 0 aromatic carbocycles. The molecule has 0 aliphatic carbocycles. The smallest absolute Gasteiger partial charge is 0.132 e. The summed E-state index contributed by atoms with van der Waals surface area (Å²) in [6, 6.07) is 4.07. The molecule has 1 aliphatic heterocycles.